The summed E-state index contributed by atoms with van der Waals surface area (Å²) in [7, 11) is 0. The first-order valence-electron chi connectivity index (χ1n) is 27.7. The van der Waals surface area contributed by atoms with Crippen LogP contribution in [0.2, 0.25) is 10.0 Å². The predicted molar refractivity (Wildman–Crippen MR) is 316 cm³/mol. The summed E-state index contributed by atoms with van der Waals surface area (Å²) in [5.74, 6) is -13.4. The highest BCUT2D eigenvalue weighted by molar-refractivity contribution is 6.32. The summed E-state index contributed by atoms with van der Waals surface area (Å²) in [6, 6.07) is 8.87. The number of amides is 6. The zero-order valence-electron chi connectivity index (χ0n) is 46.9. The third-order valence-electron chi connectivity index (χ3n) is 15.1. The number of carbonyl (C=O) groups excluding carboxylic acids is 7. The van der Waals surface area contributed by atoms with Crippen molar-refractivity contribution in [3.63, 3.8) is 0 Å². The van der Waals surface area contributed by atoms with Gasteiger partial charge < -0.3 is 102 Å². The third kappa shape index (κ3) is 12.7. The number of nitrogens with two attached hydrogens (primary N) is 1. The monoisotopic (exact) mass is 1290 g/mol. The summed E-state index contributed by atoms with van der Waals surface area (Å²) in [6.07, 6.45) is -2.48. The van der Waals surface area contributed by atoms with Gasteiger partial charge >= 0.3 is 5.97 Å². The van der Waals surface area contributed by atoms with Gasteiger partial charge in [-0.1, -0.05) is 47.5 Å². The highest BCUT2D eigenvalue weighted by atomic mass is 35.5. The molecule has 17 bridgehead atoms. The molecule has 7 aromatic carbocycles. The fourth-order valence-electron chi connectivity index (χ4n) is 10.7. The van der Waals surface area contributed by atoms with Crippen LogP contribution < -0.4 is 56.6 Å². The number of fused-ring (bicyclic) bond motifs is 14. The molecule has 27 nitrogen and oxygen atoms in total. The molecule has 0 spiro atoms. The first-order valence-corrected chi connectivity index (χ1v) is 28.4. The van der Waals surface area contributed by atoms with Gasteiger partial charge in [-0.2, -0.15) is 0 Å². The Balaban J connectivity index is 1.16. The zero-order valence-corrected chi connectivity index (χ0v) is 48.4. The van der Waals surface area contributed by atoms with E-state index in [-0.39, 0.29) is 90.1 Å². The normalized spacial score (nSPS) is 21.3. The third-order valence-corrected chi connectivity index (χ3v) is 15.7. The fourth-order valence-corrected chi connectivity index (χ4v) is 11.2. The molecule has 91 heavy (non-hydrogen) atoms. The summed E-state index contributed by atoms with van der Waals surface area (Å²) in [5, 5.41) is 103. The second kappa shape index (κ2) is 25.5. The highest BCUT2D eigenvalue weighted by Crippen LogP contribution is 2.49. The van der Waals surface area contributed by atoms with Crippen molar-refractivity contribution < 1.29 is 98.1 Å². The maximum atomic E-state index is 15.9. The van der Waals surface area contributed by atoms with Gasteiger partial charge in [0, 0.05) is 35.2 Å². The quantitative estimate of drug-likeness (QED) is 0.104. The number of ether oxygens (including phenoxy) is 5. The van der Waals surface area contributed by atoms with Gasteiger partial charge in [-0.3, -0.25) is 28.8 Å². The topological polar surface area (TPSA) is 426 Å². The number of phenolic OH excluding ortho intramolecular Hbond substituents is 5. The minimum Gasteiger partial charge on any atom is -0.508 e. The molecule has 7 aromatic rings. The molecule has 6 aliphatic heterocycles. The number of rotatable bonds is 6. The lowest BCUT2D eigenvalue weighted by Crippen LogP contribution is -2.55. The number of benzene rings is 7. The smallest absolute Gasteiger partial charge is 0.333 e. The number of carbonyl (C=O) groups is 7. The molecule has 470 valence electrons. The Bertz CT molecular complexity index is 4150. The molecule has 16 N–H and O–H groups in total. The van der Waals surface area contributed by atoms with Crippen molar-refractivity contribution in [2.45, 2.75) is 54.8 Å². The number of aromatic hydroxyl groups is 5. The van der Waals surface area contributed by atoms with E-state index in [1.807, 2.05) is 0 Å². The molecule has 0 unspecified atom stereocenters. The van der Waals surface area contributed by atoms with Gasteiger partial charge in [-0.05, 0) is 112 Å². The van der Waals surface area contributed by atoms with Crippen LogP contribution in [0.5, 0.6) is 69.0 Å². The van der Waals surface area contributed by atoms with E-state index in [1.54, 1.807) is 0 Å². The fraction of sp³-hybridized carbons (Fsp3) is 0.210. The Kier molecular flexibility index (Phi) is 17.4. The van der Waals surface area contributed by atoms with Crippen molar-refractivity contribution >= 4 is 64.6 Å². The van der Waals surface area contributed by atoms with Crippen LogP contribution in [0.15, 0.2) is 115 Å². The Labute approximate surface area is 523 Å². The Morgan fingerprint density at radius 2 is 1.12 bits per heavy atom. The molecule has 0 aromatic heterocycles. The van der Waals surface area contributed by atoms with E-state index in [0.29, 0.717) is 5.56 Å². The minimum atomic E-state index is -2.19. The Morgan fingerprint density at radius 1 is 0.527 bits per heavy atom. The molecule has 0 radical (unpaired) electrons. The number of aliphatic hydroxyl groups is 3. The molecule has 8 atom stereocenters. The van der Waals surface area contributed by atoms with Crippen molar-refractivity contribution in [1.82, 2.24) is 31.9 Å². The molecule has 0 fully saturated rings. The van der Waals surface area contributed by atoms with Gasteiger partial charge in [0.15, 0.2) is 29.0 Å². The summed E-state index contributed by atoms with van der Waals surface area (Å²) in [4.78, 5) is 105. The van der Waals surface area contributed by atoms with Crippen LogP contribution in [0.25, 0.3) is 11.1 Å². The lowest BCUT2D eigenvalue weighted by molar-refractivity contribution is -0.149. The molecule has 29 heteroatoms. The molecule has 6 heterocycles. The molecule has 0 saturated heterocycles. The van der Waals surface area contributed by atoms with Crippen molar-refractivity contribution in [2.24, 2.45) is 5.73 Å². The van der Waals surface area contributed by atoms with Crippen molar-refractivity contribution in [1.29, 1.82) is 0 Å². The summed E-state index contributed by atoms with van der Waals surface area (Å²) >= 11 is 13.9. The van der Waals surface area contributed by atoms with E-state index in [1.165, 1.54) is 66.7 Å². The number of phenols is 5. The average molecular weight is 1290 g/mol. The SMILES string of the molecule is N[C@@H]1C(=O)N[C@@H]2Cc3ccc(c(Cl)c3)Oc3cc4cc(c3OCCO)Oc3ccc(cc3Cl)[C@@H](O)[C@@H]3NC(=O)[C@H](NC(=O)[C@@H]4NC(=O)[C@@H](NC2=O)c2cc(O)cc(c2)Oc2cc1ccc2O)c1ccc(O)c(c1)-c1c(O)cc(O)cc1[C@H](C(=O)OCCO)NC3=O. The van der Waals surface area contributed by atoms with E-state index < -0.39 is 156 Å². The minimum absolute atomic E-state index is 0.104. The lowest BCUT2D eigenvalue weighted by Gasteiger charge is -2.31. The maximum absolute atomic E-state index is 15.9. The molecule has 13 rings (SSSR count). The summed E-state index contributed by atoms with van der Waals surface area (Å²) < 4.78 is 30.3. The number of hydrogen-bond donors (Lipinski definition) is 15. The zero-order chi connectivity index (χ0) is 64.7. The van der Waals surface area contributed by atoms with E-state index in [0.717, 1.165) is 48.5 Å². The van der Waals surface area contributed by atoms with E-state index in [4.69, 9.17) is 52.6 Å². The Hall–Kier alpha value is -10.6. The number of aliphatic hydroxyl groups excluding tert-OH is 3. The number of esters is 1. The van der Waals surface area contributed by atoms with E-state index in [2.05, 4.69) is 31.9 Å². The molecule has 6 aliphatic rings. The van der Waals surface area contributed by atoms with Gasteiger partial charge in [0.05, 0.1) is 23.3 Å². The first kappa shape index (κ1) is 62.1. The van der Waals surface area contributed by atoms with Crippen LogP contribution in [0.4, 0.5) is 0 Å². The van der Waals surface area contributed by atoms with Crippen LogP contribution in [0, 0.1) is 0 Å². The van der Waals surface area contributed by atoms with Crippen LogP contribution in [-0.4, -0.2) is 121 Å². The lowest BCUT2D eigenvalue weighted by atomic mass is 9.89. The van der Waals surface area contributed by atoms with Crippen molar-refractivity contribution in [3.8, 4) is 80.1 Å². The van der Waals surface area contributed by atoms with Gasteiger partial charge in [0.25, 0.3) is 0 Å². The predicted octanol–water partition coefficient (Wildman–Crippen LogP) is 4.10. The largest absolute Gasteiger partial charge is 0.508 e. The van der Waals surface area contributed by atoms with Crippen molar-refractivity contribution in [3.05, 3.63) is 164 Å². The van der Waals surface area contributed by atoms with Crippen LogP contribution >= 0.6 is 23.2 Å². The van der Waals surface area contributed by atoms with E-state index >= 15 is 14.4 Å². The van der Waals surface area contributed by atoms with E-state index in [9.17, 15) is 60.0 Å². The summed E-state index contributed by atoms with van der Waals surface area (Å²) in [6.45, 7) is -2.36. The van der Waals surface area contributed by atoms with Gasteiger partial charge in [0.1, 0.15) is 95.8 Å². The van der Waals surface area contributed by atoms with Crippen molar-refractivity contribution in [2.75, 3.05) is 26.4 Å². The first-order chi connectivity index (χ1) is 43.5. The van der Waals surface area contributed by atoms with Gasteiger partial charge in [-0.25, -0.2) is 4.79 Å². The highest BCUT2D eigenvalue weighted by Gasteiger charge is 2.42. The molecular formula is C62H53Cl2N7O20. The molecule has 0 aliphatic carbocycles. The van der Waals surface area contributed by atoms with Gasteiger partial charge in [0.2, 0.25) is 41.2 Å². The maximum Gasteiger partial charge on any atom is 0.333 e. The number of halogens is 2. The molecule has 6 amide bonds. The summed E-state index contributed by atoms with van der Waals surface area (Å²) in [5.41, 5.74) is 4.65. The molecular weight excluding hydrogens is 1230 g/mol. The standard InChI is InChI=1S/C62H53Cl2N7O20/c63-36-13-25-1-7-42(36)90-45-20-30-21-46(55(45)87-11-9-72)91-43-8-4-28(18-37(43)64)54(79)53-61(85)70-52(62(86)88-12-10-73)35-23-32(75)24-41(78)47(35)34-17-27(3-5-39(34)76)49(58(82)71-53)68-60(84)51(30)69-59(83)50-29-15-31(74)22-33(16-29)89-44-19-26(2-6-40(44)77)48(65)57(81)66-38(14-25)56(80)67-50/h1-8,13,15-24,38,48-54,72-79H,9-12,14,65H2,(H,66,81)(H,67,80)(H,68,84)(H,69,83)(H,70,85)(H,71,82)/t38-,48+,49-,50+,51-,52-,53+,54-/m1/s1. The van der Waals surface area contributed by atoms with Crippen LogP contribution in [0.3, 0.4) is 0 Å². The number of hydrogen-bond acceptors (Lipinski definition) is 21. The van der Waals surface area contributed by atoms with Crippen LogP contribution in [0.1, 0.15) is 75.3 Å². The number of nitrogens with one attached hydrogen (secondary N) is 6. The second-order valence-electron chi connectivity index (χ2n) is 21.2. The second-order valence-corrected chi connectivity index (χ2v) is 22.0. The molecule has 0 saturated carbocycles. The average Bonchev–Trinajstić information content (AvgIpc) is 0.866. The van der Waals surface area contributed by atoms with Gasteiger partial charge in [-0.15, -0.1) is 0 Å². The van der Waals surface area contributed by atoms with Crippen LogP contribution in [-0.2, 0) is 44.7 Å². The Morgan fingerprint density at radius 3 is 1.80 bits per heavy atom.